The molecule has 2 N–H and O–H groups in total. The summed E-state index contributed by atoms with van der Waals surface area (Å²) in [5.74, 6) is 0.927. The number of benzene rings is 1. The topological polar surface area (TPSA) is 69.6 Å². The van der Waals surface area contributed by atoms with E-state index in [-0.39, 0.29) is 0 Å². The first-order valence-corrected chi connectivity index (χ1v) is 6.57. The number of nitrogens with zero attached hydrogens (tertiary/aromatic N) is 4. The van der Waals surface area contributed by atoms with Crippen LogP contribution in [-0.4, -0.2) is 19.1 Å². The van der Waals surface area contributed by atoms with Gasteiger partial charge in [-0.25, -0.2) is 4.98 Å². The highest BCUT2D eigenvalue weighted by Gasteiger charge is 2.13. The van der Waals surface area contributed by atoms with Crippen LogP contribution in [0.4, 0.5) is 0 Å². The number of aryl methyl sites for hydroxylation is 1. The molecule has 0 unspecified atom stereocenters. The maximum Gasteiger partial charge on any atom is 0.154 e. The molecule has 0 amide bonds. The minimum absolute atomic E-state index is 0.534. The van der Waals surface area contributed by atoms with Crippen LogP contribution in [-0.2, 0) is 13.1 Å². The van der Waals surface area contributed by atoms with Crippen molar-refractivity contribution in [1.82, 2.24) is 19.1 Å². The van der Waals surface area contributed by atoms with E-state index >= 15 is 0 Å². The second-order valence-electron chi connectivity index (χ2n) is 3.99. The average Bonchev–Trinajstić information content (AvgIpc) is 3.04. The lowest BCUT2D eigenvalue weighted by molar-refractivity contribution is 0.797. The summed E-state index contributed by atoms with van der Waals surface area (Å²) in [4.78, 5) is 5.66. The zero-order valence-corrected chi connectivity index (χ0v) is 10.8. The number of rotatable bonds is 3. The summed E-state index contributed by atoms with van der Waals surface area (Å²) >= 11 is 1.36. The van der Waals surface area contributed by atoms with E-state index in [0.29, 0.717) is 6.54 Å². The third-order valence-corrected chi connectivity index (χ3v) is 3.61. The maximum absolute atomic E-state index is 5.66. The minimum Gasteiger partial charge on any atom is -0.326 e. The monoisotopic (exact) mass is 259 g/mol. The Morgan fingerprint density at radius 2 is 2.28 bits per heavy atom. The van der Waals surface area contributed by atoms with E-state index in [1.54, 1.807) is 6.20 Å². The molecule has 6 heteroatoms. The third-order valence-electron chi connectivity index (χ3n) is 2.95. The average molecular weight is 259 g/mol. The summed E-state index contributed by atoms with van der Waals surface area (Å²) in [7, 11) is 0. The van der Waals surface area contributed by atoms with Crippen LogP contribution in [0, 0.1) is 0 Å². The van der Waals surface area contributed by atoms with E-state index in [2.05, 4.69) is 32.1 Å². The van der Waals surface area contributed by atoms with E-state index in [9.17, 15) is 0 Å². The molecule has 18 heavy (non-hydrogen) atoms. The summed E-state index contributed by atoms with van der Waals surface area (Å²) in [5.41, 5.74) is 8.85. The van der Waals surface area contributed by atoms with Gasteiger partial charge in [0.25, 0.3) is 0 Å². The van der Waals surface area contributed by atoms with Gasteiger partial charge in [0.05, 0.1) is 17.2 Å². The Hall–Kier alpha value is -1.79. The fourth-order valence-electron chi connectivity index (χ4n) is 2.08. The minimum atomic E-state index is 0.534. The van der Waals surface area contributed by atoms with Crippen molar-refractivity contribution in [1.29, 1.82) is 0 Å². The van der Waals surface area contributed by atoms with Crippen molar-refractivity contribution in [3.05, 3.63) is 30.0 Å². The van der Waals surface area contributed by atoms with E-state index in [4.69, 9.17) is 5.73 Å². The summed E-state index contributed by atoms with van der Waals surface area (Å²) in [5, 5.41) is 3.87. The van der Waals surface area contributed by atoms with Gasteiger partial charge in [-0.1, -0.05) is 10.6 Å². The summed E-state index contributed by atoms with van der Waals surface area (Å²) in [6.45, 7) is 3.51. The molecule has 0 spiro atoms. The van der Waals surface area contributed by atoms with Gasteiger partial charge >= 0.3 is 0 Å². The Morgan fingerprint density at radius 3 is 2.94 bits per heavy atom. The molecular weight excluding hydrogens is 246 g/mol. The summed E-state index contributed by atoms with van der Waals surface area (Å²) < 4.78 is 6.07. The van der Waals surface area contributed by atoms with Crippen LogP contribution < -0.4 is 5.73 Å². The summed E-state index contributed by atoms with van der Waals surface area (Å²) in [6, 6.07) is 6.16. The van der Waals surface area contributed by atoms with Crippen molar-refractivity contribution in [3.8, 4) is 10.7 Å². The molecular formula is C12H13N5S. The van der Waals surface area contributed by atoms with Gasteiger partial charge in [-0.2, -0.15) is 0 Å². The van der Waals surface area contributed by atoms with Gasteiger partial charge < -0.3 is 10.3 Å². The molecule has 0 aliphatic heterocycles. The number of hydrogen-bond acceptors (Lipinski definition) is 5. The Kier molecular flexibility index (Phi) is 2.81. The highest BCUT2D eigenvalue weighted by atomic mass is 32.1. The molecule has 2 heterocycles. The fourth-order valence-corrected chi connectivity index (χ4v) is 2.59. The Bertz CT molecular complexity index is 671. The number of nitrogens with two attached hydrogens (primary N) is 1. The van der Waals surface area contributed by atoms with E-state index in [1.165, 1.54) is 11.5 Å². The second kappa shape index (κ2) is 4.47. The molecule has 1 aromatic carbocycles. The molecule has 3 aromatic rings. The van der Waals surface area contributed by atoms with Gasteiger partial charge in [-0.05, 0) is 36.2 Å². The first kappa shape index (κ1) is 11.3. The van der Waals surface area contributed by atoms with Gasteiger partial charge in [0.15, 0.2) is 5.82 Å². The van der Waals surface area contributed by atoms with Crippen molar-refractivity contribution < 1.29 is 0 Å². The predicted octanol–water partition coefficient (Wildman–Crippen LogP) is 2.03. The Morgan fingerprint density at radius 1 is 1.39 bits per heavy atom. The standard InChI is InChI=1S/C12H13N5S/c1-2-17-10-4-3-8(6-13)5-9(10)15-12(17)11-7-14-16-18-11/h3-5,7H,2,6,13H2,1H3. The molecule has 5 nitrogen and oxygen atoms in total. The SMILES string of the molecule is CCn1c(-c2cnns2)nc2cc(CN)ccc21. The Labute approximate surface area is 108 Å². The normalized spacial score (nSPS) is 11.2. The lowest BCUT2D eigenvalue weighted by Gasteiger charge is -2.03. The Balaban J connectivity index is 2.26. The largest absolute Gasteiger partial charge is 0.326 e. The lowest BCUT2D eigenvalue weighted by atomic mass is 10.2. The molecule has 0 radical (unpaired) electrons. The molecule has 0 saturated carbocycles. The van der Waals surface area contributed by atoms with Crippen LogP contribution in [0.2, 0.25) is 0 Å². The number of fused-ring (bicyclic) bond motifs is 1. The van der Waals surface area contributed by atoms with E-state index in [0.717, 1.165) is 33.8 Å². The van der Waals surface area contributed by atoms with Crippen LogP contribution in [0.1, 0.15) is 12.5 Å². The molecule has 92 valence electrons. The van der Waals surface area contributed by atoms with E-state index in [1.807, 2.05) is 12.1 Å². The fraction of sp³-hybridized carbons (Fsp3) is 0.250. The van der Waals surface area contributed by atoms with Gasteiger partial charge in [0, 0.05) is 13.1 Å². The lowest BCUT2D eigenvalue weighted by Crippen LogP contribution is -1.97. The number of imidazole rings is 1. The first-order chi connectivity index (χ1) is 8.83. The van der Waals surface area contributed by atoms with E-state index < -0.39 is 0 Å². The third kappa shape index (κ3) is 1.70. The van der Waals surface area contributed by atoms with Gasteiger partial charge in [0.1, 0.15) is 4.88 Å². The summed E-state index contributed by atoms with van der Waals surface area (Å²) in [6.07, 6.45) is 1.75. The molecule has 0 saturated heterocycles. The second-order valence-corrected chi connectivity index (χ2v) is 4.77. The molecule has 0 atom stereocenters. The van der Waals surface area contributed by atoms with Gasteiger partial charge in [0.2, 0.25) is 0 Å². The van der Waals surface area contributed by atoms with Crippen molar-refractivity contribution in [3.63, 3.8) is 0 Å². The zero-order chi connectivity index (χ0) is 12.5. The van der Waals surface area contributed by atoms with Crippen LogP contribution in [0.3, 0.4) is 0 Å². The molecule has 0 aliphatic carbocycles. The quantitative estimate of drug-likeness (QED) is 0.781. The number of hydrogen-bond donors (Lipinski definition) is 1. The van der Waals surface area contributed by atoms with Crippen LogP contribution in [0.25, 0.3) is 21.7 Å². The van der Waals surface area contributed by atoms with Gasteiger partial charge in [-0.15, -0.1) is 5.10 Å². The smallest absolute Gasteiger partial charge is 0.154 e. The predicted molar refractivity (Wildman–Crippen MR) is 72.2 cm³/mol. The zero-order valence-electron chi connectivity index (χ0n) is 10.00. The first-order valence-electron chi connectivity index (χ1n) is 5.80. The highest BCUT2D eigenvalue weighted by molar-refractivity contribution is 7.09. The maximum atomic E-state index is 5.66. The molecule has 0 bridgehead atoms. The van der Waals surface area contributed by atoms with Gasteiger partial charge in [-0.3, -0.25) is 0 Å². The molecule has 0 fully saturated rings. The van der Waals surface area contributed by atoms with Crippen molar-refractivity contribution in [2.45, 2.75) is 20.0 Å². The van der Waals surface area contributed by atoms with Crippen LogP contribution >= 0.6 is 11.5 Å². The molecule has 2 aromatic heterocycles. The molecule has 3 rings (SSSR count). The van der Waals surface area contributed by atoms with Crippen molar-refractivity contribution in [2.75, 3.05) is 0 Å². The highest BCUT2D eigenvalue weighted by Crippen LogP contribution is 2.26. The number of aromatic nitrogens is 4. The van der Waals surface area contributed by atoms with Crippen LogP contribution in [0.5, 0.6) is 0 Å². The van der Waals surface area contributed by atoms with Crippen molar-refractivity contribution >= 4 is 22.6 Å². The molecule has 0 aliphatic rings. The van der Waals surface area contributed by atoms with Crippen molar-refractivity contribution in [2.24, 2.45) is 5.73 Å². The van der Waals surface area contributed by atoms with Crippen LogP contribution in [0.15, 0.2) is 24.4 Å².